The second-order valence-corrected chi connectivity index (χ2v) is 5.45. The third-order valence-electron chi connectivity index (χ3n) is 3.02. The molecule has 0 heterocycles. The van der Waals surface area contributed by atoms with Crippen LogP contribution in [0, 0.1) is 10.1 Å². The maximum atomic E-state index is 13.2. The minimum Gasteiger partial charge on any atom is -0.487 e. The van der Waals surface area contributed by atoms with Gasteiger partial charge in [-0.1, -0.05) is 13.3 Å². The van der Waals surface area contributed by atoms with Crippen molar-refractivity contribution in [2.24, 2.45) is 0 Å². The van der Waals surface area contributed by atoms with Crippen LogP contribution in [-0.4, -0.2) is 23.5 Å². The Morgan fingerprint density at radius 1 is 1.38 bits per heavy atom. The average Bonchev–Trinajstić information content (AvgIpc) is 2.45. The molecule has 1 aromatic carbocycles. The molecule has 0 unspecified atom stereocenters. The molecule has 0 aliphatic heterocycles. The number of unbranched alkanes of at least 4 members (excludes halogenated alkanes) is 1. The Labute approximate surface area is 137 Å². The Morgan fingerprint density at radius 3 is 2.46 bits per heavy atom. The number of ether oxygens (including phenoxy) is 1. The van der Waals surface area contributed by atoms with Crippen molar-refractivity contribution >= 4 is 11.6 Å². The number of nitrogens with one attached hydrogen (secondary N) is 1. The minimum atomic E-state index is -4.85. The molecule has 9 heteroatoms. The maximum Gasteiger partial charge on any atom is 0.417 e. The van der Waals surface area contributed by atoms with Crippen molar-refractivity contribution in [2.75, 3.05) is 6.61 Å². The average molecular weight is 348 g/mol. The smallest absolute Gasteiger partial charge is 0.417 e. The molecule has 0 radical (unpaired) electrons. The second-order valence-electron chi connectivity index (χ2n) is 5.45. The number of halogens is 3. The Balaban J connectivity index is 3.43. The lowest BCUT2D eigenvalue weighted by Crippen LogP contribution is -2.32. The van der Waals surface area contributed by atoms with E-state index in [0.29, 0.717) is 18.6 Å². The van der Waals surface area contributed by atoms with Crippen LogP contribution in [0.4, 0.5) is 18.9 Å². The van der Waals surface area contributed by atoms with Crippen molar-refractivity contribution in [1.82, 2.24) is 5.32 Å². The van der Waals surface area contributed by atoms with Crippen molar-refractivity contribution in [2.45, 2.75) is 45.8 Å². The zero-order valence-corrected chi connectivity index (χ0v) is 13.6. The first-order chi connectivity index (χ1) is 11.1. The lowest BCUT2D eigenvalue weighted by atomic mass is 10.0. The molecule has 1 N–H and O–H groups in total. The Kier molecular flexibility index (Phi) is 6.56. The summed E-state index contributed by atoms with van der Waals surface area (Å²) in [7, 11) is 0. The SMILES string of the molecule is CCCCOc1cc(C(F)(F)F)c(C(=O)NC(C)C)cc1[N+](=O)[O-]. The minimum absolute atomic E-state index is 0.0478. The fourth-order valence-corrected chi connectivity index (χ4v) is 1.92. The molecule has 1 rings (SSSR count). The summed E-state index contributed by atoms with van der Waals surface area (Å²) in [5, 5.41) is 13.4. The number of hydrogen-bond donors (Lipinski definition) is 1. The van der Waals surface area contributed by atoms with Crippen molar-refractivity contribution in [3.63, 3.8) is 0 Å². The number of benzene rings is 1. The van der Waals surface area contributed by atoms with Gasteiger partial charge in [-0.2, -0.15) is 13.2 Å². The molecule has 6 nitrogen and oxygen atoms in total. The third-order valence-corrected chi connectivity index (χ3v) is 3.02. The highest BCUT2D eigenvalue weighted by atomic mass is 19.4. The van der Waals surface area contributed by atoms with E-state index >= 15 is 0 Å². The number of hydrogen-bond acceptors (Lipinski definition) is 4. The predicted molar refractivity (Wildman–Crippen MR) is 81.1 cm³/mol. The van der Waals surface area contributed by atoms with Gasteiger partial charge in [0, 0.05) is 18.2 Å². The molecule has 24 heavy (non-hydrogen) atoms. The molecule has 0 aliphatic carbocycles. The molecule has 134 valence electrons. The number of nitrogens with zero attached hydrogens (tertiary/aromatic N) is 1. The maximum absolute atomic E-state index is 13.2. The zero-order chi connectivity index (χ0) is 18.5. The van der Waals surface area contributed by atoms with Crippen molar-refractivity contribution in [1.29, 1.82) is 0 Å². The van der Waals surface area contributed by atoms with Crippen LogP contribution in [-0.2, 0) is 6.18 Å². The molecule has 0 saturated carbocycles. The van der Waals surface area contributed by atoms with E-state index in [9.17, 15) is 28.1 Å². The van der Waals surface area contributed by atoms with Crippen LogP contribution in [0.2, 0.25) is 0 Å². The molecule has 1 aromatic rings. The van der Waals surface area contributed by atoms with Gasteiger partial charge in [0.2, 0.25) is 0 Å². The molecule has 0 bridgehead atoms. The topological polar surface area (TPSA) is 81.5 Å². The van der Waals surface area contributed by atoms with Crippen molar-refractivity contribution < 1.29 is 27.6 Å². The Hall–Kier alpha value is -2.32. The van der Waals surface area contributed by atoms with E-state index in [-0.39, 0.29) is 6.61 Å². The number of amides is 1. The van der Waals surface area contributed by atoms with Crippen molar-refractivity contribution in [3.05, 3.63) is 33.4 Å². The first kappa shape index (κ1) is 19.7. The number of alkyl halides is 3. The number of carbonyl (C=O) groups is 1. The highest BCUT2D eigenvalue weighted by Gasteiger charge is 2.38. The number of rotatable bonds is 7. The van der Waals surface area contributed by atoms with Gasteiger partial charge in [0.05, 0.1) is 22.7 Å². The number of carbonyl (C=O) groups excluding carboxylic acids is 1. The van der Waals surface area contributed by atoms with Crippen LogP contribution in [0.25, 0.3) is 0 Å². The highest BCUT2D eigenvalue weighted by molar-refractivity contribution is 5.97. The standard InChI is InChI=1S/C15H19F3N2O4/c1-4-5-6-24-13-8-11(15(16,17)18)10(7-12(13)20(22)23)14(21)19-9(2)3/h7-9H,4-6H2,1-3H3,(H,19,21). The number of nitro groups is 1. The van der Waals surface area contributed by atoms with E-state index in [0.717, 1.165) is 6.42 Å². The predicted octanol–water partition coefficient (Wildman–Crippen LogP) is 3.93. The normalized spacial score (nSPS) is 11.5. The first-order valence-electron chi connectivity index (χ1n) is 7.41. The van der Waals surface area contributed by atoms with Crippen LogP contribution in [0.3, 0.4) is 0 Å². The van der Waals surface area contributed by atoms with Gasteiger partial charge in [0.25, 0.3) is 5.91 Å². The van der Waals surface area contributed by atoms with Crippen LogP contribution in [0.5, 0.6) is 5.75 Å². The summed E-state index contributed by atoms with van der Waals surface area (Å²) in [6.07, 6.45) is -3.59. The summed E-state index contributed by atoms with van der Waals surface area (Å²) in [5.74, 6) is -1.53. The van der Waals surface area contributed by atoms with Gasteiger partial charge in [0.15, 0.2) is 5.75 Å². The van der Waals surface area contributed by atoms with Gasteiger partial charge >= 0.3 is 11.9 Å². The zero-order valence-electron chi connectivity index (χ0n) is 13.6. The second kappa shape index (κ2) is 7.98. The first-order valence-corrected chi connectivity index (χ1v) is 7.41. The van der Waals surface area contributed by atoms with E-state index < -0.39 is 45.6 Å². The Morgan fingerprint density at radius 2 is 2.00 bits per heavy atom. The van der Waals surface area contributed by atoms with Crippen LogP contribution in [0.15, 0.2) is 12.1 Å². The van der Waals surface area contributed by atoms with Crippen LogP contribution in [0.1, 0.15) is 49.5 Å². The fraction of sp³-hybridized carbons (Fsp3) is 0.533. The molecular formula is C15H19F3N2O4. The van der Waals surface area contributed by atoms with Gasteiger partial charge in [-0.3, -0.25) is 14.9 Å². The van der Waals surface area contributed by atoms with E-state index in [4.69, 9.17) is 4.74 Å². The van der Waals surface area contributed by atoms with Crippen molar-refractivity contribution in [3.8, 4) is 5.75 Å². The summed E-state index contributed by atoms with van der Waals surface area (Å²) in [6.45, 7) is 5.04. The highest BCUT2D eigenvalue weighted by Crippen LogP contribution is 2.39. The van der Waals surface area contributed by atoms with Gasteiger partial charge in [-0.05, 0) is 20.3 Å². The van der Waals surface area contributed by atoms with E-state index in [1.807, 2.05) is 6.92 Å². The lowest BCUT2D eigenvalue weighted by Gasteiger charge is -2.16. The van der Waals surface area contributed by atoms with E-state index in [2.05, 4.69) is 5.32 Å². The van der Waals surface area contributed by atoms with Gasteiger partial charge in [0.1, 0.15) is 0 Å². The summed E-state index contributed by atoms with van der Waals surface area (Å²) in [6, 6.07) is 0.711. The molecule has 0 spiro atoms. The van der Waals surface area contributed by atoms with E-state index in [1.54, 1.807) is 13.8 Å². The molecule has 0 aliphatic rings. The quantitative estimate of drug-likeness (QED) is 0.460. The van der Waals surface area contributed by atoms with Gasteiger partial charge in [-0.25, -0.2) is 0 Å². The molecular weight excluding hydrogens is 329 g/mol. The van der Waals surface area contributed by atoms with Crippen LogP contribution >= 0.6 is 0 Å². The monoisotopic (exact) mass is 348 g/mol. The Bertz CT molecular complexity index is 615. The summed E-state index contributed by atoms with van der Waals surface area (Å²) in [4.78, 5) is 22.3. The lowest BCUT2D eigenvalue weighted by molar-refractivity contribution is -0.385. The molecule has 0 fully saturated rings. The van der Waals surface area contributed by atoms with Gasteiger partial charge < -0.3 is 10.1 Å². The molecule has 0 aromatic heterocycles. The number of nitro benzene ring substituents is 1. The fourth-order valence-electron chi connectivity index (χ4n) is 1.92. The molecule has 1 amide bonds. The largest absolute Gasteiger partial charge is 0.487 e. The third kappa shape index (κ3) is 5.10. The molecule has 0 saturated heterocycles. The summed E-state index contributed by atoms with van der Waals surface area (Å²) in [5.41, 5.74) is -2.74. The molecule has 0 atom stereocenters. The summed E-state index contributed by atoms with van der Waals surface area (Å²) >= 11 is 0. The van der Waals surface area contributed by atoms with Crippen LogP contribution < -0.4 is 10.1 Å². The summed E-state index contributed by atoms with van der Waals surface area (Å²) < 4.78 is 44.8. The van der Waals surface area contributed by atoms with E-state index in [1.165, 1.54) is 0 Å². The van der Waals surface area contributed by atoms with Gasteiger partial charge in [-0.15, -0.1) is 0 Å².